The van der Waals surface area contributed by atoms with E-state index in [1.807, 2.05) is 24.3 Å². The first-order chi connectivity index (χ1) is 13.9. The molecule has 1 atom stereocenters. The standard InChI is InChI=1S/C23H27FN2O3/c1-15(25-19-11-9-16(10-12-19)23(28)29)17-6-4-7-20(13-17)26-22(27)14-18-5-2-3-8-21(18)24/h2-8,13,15-16,19,25H,9-12,14H2,1H3,(H,26,27)(H,28,29). The summed E-state index contributed by atoms with van der Waals surface area (Å²) in [7, 11) is 0. The van der Waals surface area contributed by atoms with E-state index >= 15 is 0 Å². The van der Waals surface area contributed by atoms with E-state index in [1.54, 1.807) is 18.2 Å². The number of nitrogens with one attached hydrogen (secondary N) is 2. The number of anilines is 1. The molecule has 2 aromatic carbocycles. The highest BCUT2D eigenvalue weighted by Gasteiger charge is 2.26. The number of carboxylic acid groups (broad SMARTS) is 1. The second-order valence-corrected chi connectivity index (χ2v) is 7.72. The van der Waals surface area contributed by atoms with Gasteiger partial charge in [0.25, 0.3) is 0 Å². The van der Waals surface area contributed by atoms with E-state index in [2.05, 4.69) is 17.6 Å². The maximum atomic E-state index is 13.7. The zero-order valence-corrected chi connectivity index (χ0v) is 16.5. The van der Waals surface area contributed by atoms with Crippen LogP contribution in [0.5, 0.6) is 0 Å². The summed E-state index contributed by atoms with van der Waals surface area (Å²) in [5.74, 6) is -1.57. The highest BCUT2D eigenvalue weighted by molar-refractivity contribution is 5.92. The first kappa shape index (κ1) is 21.0. The molecule has 2 aromatic rings. The Labute approximate surface area is 170 Å². The van der Waals surface area contributed by atoms with E-state index in [1.165, 1.54) is 6.07 Å². The predicted octanol–water partition coefficient (Wildman–Crippen LogP) is 4.30. The molecule has 29 heavy (non-hydrogen) atoms. The van der Waals surface area contributed by atoms with Crippen LogP contribution in [0.3, 0.4) is 0 Å². The fraction of sp³-hybridized carbons (Fsp3) is 0.391. The van der Waals surface area contributed by atoms with E-state index in [0.717, 1.165) is 18.4 Å². The van der Waals surface area contributed by atoms with Crippen molar-refractivity contribution in [2.45, 2.75) is 51.1 Å². The van der Waals surface area contributed by atoms with Gasteiger partial charge in [-0.15, -0.1) is 0 Å². The average Bonchev–Trinajstić information content (AvgIpc) is 2.70. The number of halogens is 1. The van der Waals surface area contributed by atoms with Crippen LogP contribution < -0.4 is 10.6 Å². The summed E-state index contributed by atoms with van der Waals surface area (Å²) in [5.41, 5.74) is 2.08. The molecule has 0 radical (unpaired) electrons. The Balaban J connectivity index is 1.55. The molecule has 0 saturated heterocycles. The molecule has 154 valence electrons. The smallest absolute Gasteiger partial charge is 0.306 e. The van der Waals surface area contributed by atoms with Crippen LogP contribution in [0.4, 0.5) is 10.1 Å². The van der Waals surface area contributed by atoms with Gasteiger partial charge in [0.1, 0.15) is 5.82 Å². The molecular formula is C23H27FN2O3. The maximum absolute atomic E-state index is 13.7. The Hall–Kier alpha value is -2.73. The summed E-state index contributed by atoms with van der Waals surface area (Å²) < 4.78 is 13.7. The van der Waals surface area contributed by atoms with Crippen LogP contribution in [0.1, 0.15) is 49.8 Å². The molecule has 1 aliphatic rings. The molecule has 0 heterocycles. The van der Waals surface area contributed by atoms with Gasteiger partial charge in [-0.05, 0) is 61.9 Å². The molecule has 1 amide bonds. The fourth-order valence-corrected chi connectivity index (χ4v) is 3.86. The Morgan fingerprint density at radius 3 is 2.52 bits per heavy atom. The lowest BCUT2D eigenvalue weighted by molar-refractivity contribution is -0.142. The highest BCUT2D eigenvalue weighted by Crippen LogP contribution is 2.27. The third kappa shape index (κ3) is 5.87. The van der Waals surface area contributed by atoms with Crippen molar-refractivity contribution >= 4 is 17.6 Å². The van der Waals surface area contributed by atoms with Gasteiger partial charge in [0.05, 0.1) is 12.3 Å². The SMILES string of the molecule is CC(NC1CCC(C(=O)O)CC1)c1cccc(NC(=O)Cc2ccccc2F)c1. The number of carbonyl (C=O) groups excluding carboxylic acids is 1. The minimum atomic E-state index is -0.699. The number of amides is 1. The van der Waals surface area contributed by atoms with Crippen molar-refractivity contribution in [1.82, 2.24) is 5.32 Å². The zero-order valence-electron chi connectivity index (χ0n) is 16.5. The van der Waals surface area contributed by atoms with E-state index in [0.29, 0.717) is 30.1 Å². The molecule has 3 rings (SSSR count). The molecule has 1 fully saturated rings. The van der Waals surface area contributed by atoms with Crippen LogP contribution in [0.15, 0.2) is 48.5 Å². The molecule has 0 spiro atoms. The first-order valence-corrected chi connectivity index (χ1v) is 10.0. The zero-order chi connectivity index (χ0) is 20.8. The van der Waals surface area contributed by atoms with Gasteiger partial charge < -0.3 is 15.7 Å². The van der Waals surface area contributed by atoms with Gasteiger partial charge in [0.2, 0.25) is 5.91 Å². The lowest BCUT2D eigenvalue weighted by Gasteiger charge is -2.29. The van der Waals surface area contributed by atoms with Crippen LogP contribution in [0, 0.1) is 11.7 Å². The van der Waals surface area contributed by atoms with Crippen molar-refractivity contribution in [3.05, 3.63) is 65.5 Å². The molecule has 3 N–H and O–H groups in total. The van der Waals surface area contributed by atoms with Crippen molar-refractivity contribution < 1.29 is 19.1 Å². The Bertz CT molecular complexity index is 863. The van der Waals surface area contributed by atoms with Crippen LogP contribution >= 0.6 is 0 Å². The van der Waals surface area contributed by atoms with Gasteiger partial charge in [0, 0.05) is 17.8 Å². The minimum Gasteiger partial charge on any atom is -0.481 e. The minimum absolute atomic E-state index is 0.0163. The normalized spacial score (nSPS) is 20.1. The van der Waals surface area contributed by atoms with E-state index in [-0.39, 0.29) is 30.1 Å². The average molecular weight is 398 g/mol. The third-order valence-electron chi connectivity index (χ3n) is 5.54. The second-order valence-electron chi connectivity index (χ2n) is 7.72. The van der Waals surface area contributed by atoms with E-state index in [4.69, 9.17) is 5.11 Å². The van der Waals surface area contributed by atoms with E-state index < -0.39 is 5.97 Å². The summed E-state index contributed by atoms with van der Waals surface area (Å²) in [6.07, 6.45) is 3.08. The lowest BCUT2D eigenvalue weighted by atomic mass is 9.85. The number of aliphatic carboxylic acids is 1. The Morgan fingerprint density at radius 1 is 1.10 bits per heavy atom. The van der Waals surface area contributed by atoms with Gasteiger partial charge in [-0.3, -0.25) is 9.59 Å². The summed E-state index contributed by atoms with van der Waals surface area (Å²) in [6.45, 7) is 2.06. The first-order valence-electron chi connectivity index (χ1n) is 10.0. The number of hydrogen-bond acceptors (Lipinski definition) is 3. The van der Waals surface area contributed by atoms with Crippen molar-refractivity contribution in [3.63, 3.8) is 0 Å². The van der Waals surface area contributed by atoms with Crippen LogP contribution in [0.25, 0.3) is 0 Å². The summed E-state index contributed by atoms with van der Waals surface area (Å²) in [6, 6.07) is 14.2. The molecule has 0 bridgehead atoms. The summed E-state index contributed by atoms with van der Waals surface area (Å²) >= 11 is 0. The number of benzene rings is 2. The largest absolute Gasteiger partial charge is 0.481 e. The molecule has 0 aromatic heterocycles. The van der Waals surface area contributed by atoms with Crippen molar-refractivity contribution in [2.75, 3.05) is 5.32 Å². The van der Waals surface area contributed by atoms with Gasteiger partial charge >= 0.3 is 5.97 Å². The molecule has 5 nitrogen and oxygen atoms in total. The number of carbonyl (C=O) groups is 2. The third-order valence-corrected chi connectivity index (χ3v) is 5.54. The second kappa shape index (κ2) is 9.65. The lowest BCUT2D eigenvalue weighted by Crippen LogP contribution is -2.36. The maximum Gasteiger partial charge on any atom is 0.306 e. The quantitative estimate of drug-likeness (QED) is 0.650. The van der Waals surface area contributed by atoms with Crippen molar-refractivity contribution in [1.29, 1.82) is 0 Å². The highest BCUT2D eigenvalue weighted by atomic mass is 19.1. The van der Waals surface area contributed by atoms with Crippen LogP contribution in [0.2, 0.25) is 0 Å². The van der Waals surface area contributed by atoms with Crippen molar-refractivity contribution in [3.8, 4) is 0 Å². The van der Waals surface area contributed by atoms with Crippen LogP contribution in [-0.4, -0.2) is 23.0 Å². The molecule has 1 aliphatic carbocycles. The van der Waals surface area contributed by atoms with Crippen molar-refractivity contribution in [2.24, 2.45) is 5.92 Å². The molecule has 1 saturated carbocycles. The fourth-order valence-electron chi connectivity index (χ4n) is 3.86. The number of carboxylic acids is 1. The molecule has 6 heteroatoms. The van der Waals surface area contributed by atoms with Gasteiger partial charge in [-0.2, -0.15) is 0 Å². The van der Waals surface area contributed by atoms with Gasteiger partial charge in [0.15, 0.2) is 0 Å². The van der Waals surface area contributed by atoms with Crippen LogP contribution in [-0.2, 0) is 16.0 Å². The van der Waals surface area contributed by atoms with E-state index in [9.17, 15) is 14.0 Å². The van der Waals surface area contributed by atoms with Gasteiger partial charge in [-0.1, -0.05) is 30.3 Å². The monoisotopic (exact) mass is 398 g/mol. The number of hydrogen-bond donors (Lipinski definition) is 3. The molecule has 1 unspecified atom stereocenters. The summed E-state index contributed by atoms with van der Waals surface area (Å²) in [5, 5.41) is 15.5. The molecule has 0 aliphatic heterocycles. The predicted molar refractivity (Wildman–Crippen MR) is 110 cm³/mol. The van der Waals surface area contributed by atoms with Gasteiger partial charge in [-0.25, -0.2) is 4.39 Å². The Kier molecular flexibility index (Phi) is 6.99. The Morgan fingerprint density at radius 2 is 1.83 bits per heavy atom. The summed E-state index contributed by atoms with van der Waals surface area (Å²) in [4.78, 5) is 23.4. The molecular weight excluding hydrogens is 371 g/mol. The topological polar surface area (TPSA) is 78.4 Å². The number of rotatable bonds is 7.